The zero-order valence-electron chi connectivity index (χ0n) is 10.2. The van der Waals surface area contributed by atoms with Gasteiger partial charge in [-0.05, 0) is 24.8 Å². The van der Waals surface area contributed by atoms with Crippen LogP contribution in [-0.4, -0.2) is 12.6 Å². The maximum atomic E-state index is 11.8. The smallest absolute Gasteiger partial charge is 0.340 e. The molecule has 1 aromatic carbocycles. The van der Waals surface area contributed by atoms with Crippen LogP contribution in [0.1, 0.15) is 37.0 Å². The Morgan fingerprint density at radius 3 is 2.67 bits per heavy atom. The van der Waals surface area contributed by atoms with E-state index in [9.17, 15) is 4.79 Å². The first-order chi connectivity index (χ1) is 8.41. The van der Waals surface area contributed by atoms with E-state index in [2.05, 4.69) is 19.9 Å². The maximum absolute atomic E-state index is 11.8. The van der Waals surface area contributed by atoms with Crippen molar-refractivity contribution in [2.45, 2.75) is 26.7 Å². The molecule has 0 amide bonds. The van der Waals surface area contributed by atoms with Gasteiger partial charge >= 0.3 is 5.97 Å². The van der Waals surface area contributed by atoms with E-state index in [1.165, 1.54) is 6.07 Å². The molecule has 5 heteroatoms. The van der Waals surface area contributed by atoms with E-state index in [0.717, 1.165) is 12.8 Å². The molecule has 1 rings (SSSR count). The molecule has 0 heterocycles. The van der Waals surface area contributed by atoms with Crippen LogP contribution in [0.2, 0.25) is 15.1 Å². The molecule has 0 aliphatic carbocycles. The predicted octanol–water partition coefficient (Wildman–Crippen LogP) is 5.04. The van der Waals surface area contributed by atoms with Gasteiger partial charge in [0.1, 0.15) is 0 Å². The Bertz CT molecular complexity index is 430. The Kier molecular flexibility index (Phi) is 6.27. The second-order valence-corrected chi connectivity index (χ2v) is 5.52. The van der Waals surface area contributed by atoms with E-state index in [1.54, 1.807) is 0 Å². The van der Waals surface area contributed by atoms with Crippen molar-refractivity contribution in [2.24, 2.45) is 5.92 Å². The molecule has 0 atom stereocenters. The number of rotatable bonds is 5. The Morgan fingerprint density at radius 1 is 1.39 bits per heavy atom. The van der Waals surface area contributed by atoms with Gasteiger partial charge < -0.3 is 4.74 Å². The van der Waals surface area contributed by atoms with Crippen molar-refractivity contribution < 1.29 is 9.53 Å². The normalized spacial score (nSPS) is 10.8. The highest BCUT2D eigenvalue weighted by molar-refractivity contribution is 6.44. The Balaban J connectivity index is 2.62. The number of benzene rings is 1. The van der Waals surface area contributed by atoms with E-state index in [1.807, 2.05) is 0 Å². The lowest BCUT2D eigenvalue weighted by Crippen LogP contribution is -2.08. The number of hydrogen-bond acceptors (Lipinski definition) is 2. The average molecular weight is 309 g/mol. The first-order valence-corrected chi connectivity index (χ1v) is 6.79. The lowest BCUT2D eigenvalue weighted by molar-refractivity contribution is 0.0494. The van der Waals surface area contributed by atoms with Crippen LogP contribution in [0.15, 0.2) is 6.07 Å². The highest BCUT2D eigenvalue weighted by Crippen LogP contribution is 2.29. The number of hydrogen-bond donors (Lipinski definition) is 0. The van der Waals surface area contributed by atoms with E-state index in [-0.39, 0.29) is 20.6 Å². The quantitative estimate of drug-likeness (QED) is 0.433. The summed E-state index contributed by atoms with van der Waals surface area (Å²) in [6, 6.07) is 4.07. The first-order valence-electron chi connectivity index (χ1n) is 5.65. The summed E-state index contributed by atoms with van der Waals surface area (Å²) >= 11 is 17.5. The second-order valence-electron chi connectivity index (χ2n) is 4.33. The molecule has 0 aliphatic rings. The molecule has 0 fully saturated rings. The fourth-order valence-electron chi connectivity index (χ4n) is 1.37. The Morgan fingerprint density at radius 2 is 2.06 bits per heavy atom. The number of ether oxygens (including phenoxy) is 1. The lowest BCUT2D eigenvalue weighted by Gasteiger charge is -2.08. The van der Waals surface area contributed by atoms with Gasteiger partial charge in [-0.25, -0.2) is 4.79 Å². The third kappa shape index (κ3) is 4.68. The number of esters is 1. The maximum Gasteiger partial charge on any atom is 0.340 e. The minimum absolute atomic E-state index is 0.0821. The zero-order valence-corrected chi connectivity index (χ0v) is 12.5. The topological polar surface area (TPSA) is 26.3 Å². The molecule has 0 bridgehead atoms. The molecule has 0 saturated carbocycles. The van der Waals surface area contributed by atoms with E-state index in [4.69, 9.17) is 39.5 Å². The van der Waals surface area contributed by atoms with Crippen molar-refractivity contribution in [3.8, 4) is 0 Å². The molecule has 2 nitrogen and oxygen atoms in total. The SMILES string of the molecule is CC(C)CCCOC(=O)c1[c]c(Cl)cc(Cl)c1Cl. The molecule has 0 aliphatic heterocycles. The summed E-state index contributed by atoms with van der Waals surface area (Å²) < 4.78 is 5.10. The zero-order chi connectivity index (χ0) is 13.7. The summed E-state index contributed by atoms with van der Waals surface area (Å²) in [4.78, 5) is 11.8. The largest absolute Gasteiger partial charge is 0.462 e. The van der Waals surface area contributed by atoms with Gasteiger partial charge in [-0.1, -0.05) is 48.7 Å². The highest BCUT2D eigenvalue weighted by atomic mass is 35.5. The van der Waals surface area contributed by atoms with Crippen molar-refractivity contribution in [3.05, 3.63) is 32.8 Å². The Labute approximate surface area is 122 Å². The Hall–Kier alpha value is -0.440. The van der Waals surface area contributed by atoms with Gasteiger partial charge in [0.15, 0.2) is 0 Å². The molecule has 0 saturated heterocycles. The van der Waals surface area contributed by atoms with Crippen LogP contribution in [0.25, 0.3) is 0 Å². The number of halogens is 3. The van der Waals surface area contributed by atoms with E-state index < -0.39 is 5.97 Å². The van der Waals surface area contributed by atoms with Gasteiger partial charge in [0.05, 0.1) is 27.2 Å². The van der Waals surface area contributed by atoms with Crippen LogP contribution < -0.4 is 0 Å². The summed E-state index contributed by atoms with van der Waals surface area (Å²) in [6.45, 7) is 4.58. The molecule has 0 aromatic heterocycles. The molecule has 1 radical (unpaired) electrons. The van der Waals surface area contributed by atoms with Crippen molar-refractivity contribution in [2.75, 3.05) is 6.61 Å². The monoisotopic (exact) mass is 307 g/mol. The summed E-state index contributed by atoms with van der Waals surface area (Å²) in [7, 11) is 0. The molecule has 1 aromatic rings. The lowest BCUT2D eigenvalue weighted by atomic mass is 10.1. The van der Waals surface area contributed by atoms with E-state index in [0.29, 0.717) is 12.5 Å². The van der Waals surface area contributed by atoms with Crippen LogP contribution in [0.5, 0.6) is 0 Å². The summed E-state index contributed by atoms with van der Waals surface area (Å²) in [5, 5.41) is 0.572. The molecule has 18 heavy (non-hydrogen) atoms. The predicted molar refractivity (Wildman–Crippen MR) is 74.7 cm³/mol. The third-order valence-electron chi connectivity index (χ3n) is 2.29. The van der Waals surface area contributed by atoms with E-state index >= 15 is 0 Å². The minimum atomic E-state index is -0.548. The van der Waals surface area contributed by atoms with Crippen LogP contribution in [0, 0.1) is 12.0 Å². The van der Waals surface area contributed by atoms with Crippen molar-refractivity contribution in [1.29, 1.82) is 0 Å². The standard InChI is InChI=1S/C13H14Cl3O2/c1-8(2)4-3-5-18-13(17)10-6-9(14)7-11(15)12(10)16/h7-8H,3-5H2,1-2H3. The summed E-state index contributed by atoms with van der Waals surface area (Å²) in [5.74, 6) is 0.0348. The van der Waals surface area contributed by atoms with Gasteiger partial charge in [0.25, 0.3) is 0 Å². The van der Waals surface area contributed by atoms with Crippen LogP contribution in [0.3, 0.4) is 0 Å². The fourth-order valence-corrected chi connectivity index (χ4v) is 2.02. The van der Waals surface area contributed by atoms with Gasteiger partial charge in [0.2, 0.25) is 0 Å². The molecule has 0 N–H and O–H groups in total. The molecule has 0 unspecified atom stereocenters. The summed E-state index contributed by atoms with van der Waals surface area (Å²) in [6.07, 6.45) is 1.82. The average Bonchev–Trinajstić information content (AvgIpc) is 2.28. The van der Waals surface area contributed by atoms with Crippen LogP contribution >= 0.6 is 34.8 Å². The van der Waals surface area contributed by atoms with Gasteiger partial charge in [-0.3, -0.25) is 0 Å². The molecular weight excluding hydrogens is 294 g/mol. The molecule has 99 valence electrons. The minimum Gasteiger partial charge on any atom is -0.462 e. The van der Waals surface area contributed by atoms with Crippen LogP contribution in [0.4, 0.5) is 0 Å². The fraction of sp³-hybridized carbons (Fsp3) is 0.462. The van der Waals surface area contributed by atoms with Gasteiger partial charge in [-0.2, -0.15) is 0 Å². The van der Waals surface area contributed by atoms with Crippen LogP contribution in [-0.2, 0) is 4.74 Å². The third-order valence-corrected chi connectivity index (χ3v) is 3.28. The molecular formula is C13H14Cl3O2. The molecule has 0 spiro atoms. The van der Waals surface area contributed by atoms with Crippen molar-refractivity contribution >= 4 is 40.8 Å². The number of carbonyl (C=O) groups excluding carboxylic acids is 1. The number of carbonyl (C=O) groups is 1. The van der Waals surface area contributed by atoms with Gasteiger partial charge in [-0.15, -0.1) is 0 Å². The second kappa shape index (κ2) is 7.22. The van der Waals surface area contributed by atoms with Crippen molar-refractivity contribution in [3.63, 3.8) is 0 Å². The van der Waals surface area contributed by atoms with Crippen molar-refractivity contribution in [1.82, 2.24) is 0 Å². The van der Waals surface area contributed by atoms with Gasteiger partial charge in [0, 0.05) is 6.07 Å². The first kappa shape index (κ1) is 15.6. The summed E-state index contributed by atoms with van der Waals surface area (Å²) in [5.41, 5.74) is 0.0821. The highest BCUT2D eigenvalue weighted by Gasteiger charge is 2.16.